The van der Waals surface area contributed by atoms with Crippen LogP contribution < -0.4 is 0 Å². The van der Waals surface area contributed by atoms with Gasteiger partial charge >= 0.3 is 0 Å². The SMILES string of the molecule is [B]C(C(=O)OCc1ccccc1)C([B])c1ccccc1. The summed E-state index contributed by atoms with van der Waals surface area (Å²) in [5.41, 5.74) is 1.73. The Labute approximate surface area is 122 Å². The van der Waals surface area contributed by atoms with E-state index in [1.54, 1.807) is 0 Å². The quantitative estimate of drug-likeness (QED) is 0.610. The van der Waals surface area contributed by atoms with Gasteiger partial charge in [-0.1, -0.05) is 66.2 Å². The minimum absolute atomic E-state index is 0.203. The molecule has 2 atom stereocenters. The standard InChI is InChI=1S/C16H14B2O2/c17-14(13-9-5-2-6-10-13)15(18)16(19)20-11-12-7-3-1-4-8-12/h1-10,14-15H,11H2. The average Bonchev–Trinajstić information content (AvgIpc) is 2.53. The Balaban J connectivity index is 1.92. The predicted molar refractivity (Wildman–Crippen MR) is 80.7 cm³/mol. The number of rotatable bonds is 5. The van der Waals surface area contributed by atoms with Gasteiger partial charge in [-0.3, -0.25) is 4.79 Å². The Kier molecular flexibility index (Phi) is 5.05. The zero-order chi connectivity index (χ0) is 14.4. The summed E-state index contributed by atoms with van der Waals surface area (Å²) in [5, 5.41) is 0. The van der Waals surface area contributed by atoms with Crippen molar-refractivity contribution in [3.8, 4) is 0 Å². The Morgan fingerprint density at radius 3 is 2.10 bits per heavy atom. The van der Waals surface area contributed by atoms with Crippen LogP contribution in [0.2, 0.25) is 5.82 Å². The molecule has 2 aromatic rings. The minimum Gasteiger partial charge on any atom is -0.461 e. The summed E-state index contributed by atoms with van der Waals surface area (Å²) in [6.45, 7) is 0.203. The van der Waals surface area contributed by atoms with Crippen molar-refractivity contribution in [3.05, 3.63) is 71.8 Å². The van der Waals surface area contributed by atoms with Crippen molar-refractivity contribution < 1.29 is 9.53 Å². The van der Waals surface area contributed by atoms with E-state index in [9.17, 15) is 4.79 Å². The Morgan fingerprint density at radius 1 is 0.950 bits per heavy atom. The van der Waals surface area contributed by atoms with E-state index in [0.29, 0.717) is 0 Å². The molecular weight excluding hydrogens is 246 g/mol. The van der Waals surface area contributed by atoms with Crippen molar-refractivity contribution in [3.63, 3.8) is 0 Å². The molecule has 0 amide bonds. The summed E-state index contributed by atoms with van der Waals surface area (Å²) in [6.07, 6.45) is 0. The van der Waals surface area contributed by atoms with Crippen LogP contribution in [-0.2, 0) is 16.1 Å². The van der Waals surface area contributed by atoms with Crippen LogP contribution in [0.25, 0.3) is 0 Å². The fourth-order valence-corrected chi connectivity index (χ4v) is 1.85. The summed E-state index contributed by atoms with van der Waals surface area (Å²) in [4.78, 5) is 11.9. The normalized spacial score (nSPS) is 13.4. The van der Waals surface area contributed by atoms with Crippen molar-refractivity contribution in [2.24, 2.45) is 0 Å². The zero-order valence-corrected chi connectivity index (χ0v) is 11.1. The Hall–Kier alpha value is -1.96. The molecule has 0 heterocycles. The molecule has 2 unspecified atom stereocenters. The number of hydrogen-bond acceptors (Lipinski definition) is 2. The summed E-state index contributed by atoms with van der Waals surface area (Å²) in [7, 11) is 11.8. The smallest absolute Gasteiger partial charge is 0.300 e. The lowest BCUT2D eigenvalue weighted by atomic mass is 9.63. The highest BCUT2D eigenvalue weighted by Crippen LogP contribution is 2.25. The number of ether oxygens (including phenoxy) is 1. The van der Waals surface area contributed by atoms with Gasteiger partial charge < -0.3 is 4.74 Å². The molecule has 0 fully saturated rings. The van der Waals surface area contributed by atoms with Crippen molar-refractivity contribution in [1.82, 2.24) is 0 Å². The number of benzene rings is 2. The highest BCUT2D eigenvalue weighted by molar-refractivity contribution is 6.29. The van der Waals surface area contributed by atoms with E-state index in [2.05, 4.69) is 0 Å². The van der Waals surface area contributed by atoms with E-state index < -0.39 is 17.6 Å². The molecule has 0 aliphatic rings. The fraction of sp³-hybridized carbons (Fsp3) is 0.188. The number of hydrogen-bond donors (Lipinski definition) is 0. The first-order valence-corrected chi connectivity index (χ1v) is 6.45. The Morgan fingerprint density at radius 2 is 1.50 bits per heavy atom. The van der Waals surface area contributed by atoms with Gasteiger partial charge in [0.2, 0.25) is 0 Å². The largest absolute Gasteiger partial charge is 0.461 e. The first kappa shape index (κ1) is 14.4. The molecule has 0 aromatic heterocycles. The van der Waals surface area contributed by atoms with E-state index >= 15 is 0 Å². The molecule has 96 valence electrons. The van der Waals surface area contributed by atoms with Crippen LogP contribution >= 0.6 is 0 Å². The summed E-state index contributed by atoms with van der Waals surface area (Å²) < 4.78 is 5.19. The van der Waals surface area contributed by atoms with Gasteiger partial charge in [0.15, 0.2) is 0 Å². The van der Waals surface area contributed by atoms with E-state index in [4.69, 9.17) is 20.4 Å². The lowest BCUT2D eigenvalue weighted by Crippen LogP contribution is -2.20. The molecule has 2 nitrogen and oxygen atoms in total. The molecule has 20 heavy (non-hydrogen) atoms. The molecule has 0 aliphatic heterocycles. The van der Waals surface area contributed by atoms with E-state index in [1.165, 1.54) is 0 Å². The van der Waals surface area contributed by atoms with Crippen molar-refractivity contribution in [2.75, 3.05) is 0 Å². The third-order valence-electron chi connectivity index (χ3n) is 3.07. The second-order valence-electron chi connectivity index (χ2n) is 4.56. The molecule has 0 saturated carbocycles. The summed E-state index contributed by atoms with van der Waals surface area (Å²) in [5.74, 6) is -1.94. The van der Waals surface area contributed by atoms with Crippen LogP contribution in [0.3, 0.4) is 0 Å². The van der Waals surface area contributed by atoms with Crippen LogP contribution in [0.4, 0.5) is 0 Å². The monoisotopic (exact) mass is 260 g/mol. The van der Waals surface area contributed by atoms with Gasteiger partial charge in [-0.25, -0.2) is 0 Å². The minimum atomic E-state index is -0.874. The molecule has 4 radical (unpaired) electrons. The highest BCUT2D eigenvalue weighted by Gasteiger charge is 2.21. The molecule has 4 heteroatoms. The third kappa shape index (κ3) is 3.77. The Bertz CT molecular complexity index is 543. The summed E-state index contributed by atoms with van der Waals surface area (Å²) >= 11 is 0. The average molecular weight is 260 g/mol. The first-order valence-electron chi connectivity index (χ1n) is 6.45. The van der Waals surface area contributed by atoms with Crippen molar-refractivity contribution >= 4 is 21.7 Å². The van der Waals surface area contributed by atoms with Gasteiger partial charge in [0.1, 0.15) is 6.61 Å². The van der Waals surface area contributed by atoms with Crippen LogP contribution in [-0.4, -0.2) is 21.7 Å². The van der Waals surface area contributed by atoms with E-state index in [1.807, 2.05) is 60.7 Å². The van der Waals surface area contributed by atoms with Gasteiger partial charge in [-0.15, -0.1) is 0 Å². The maximum absolute atomic E-state index is 11.9. The zero-order valence-electron chi connectivity index (χ0n) is 11.1. The van der Waals surface area contributed by atoms with Crippen molar-refractivity contribution in [2.45, 2.75) is 18.2 Å². The van der Waals surface area contributed by atoms with E-state index in [-0.39, 0.29) is 6.61 Å². The molecule has 0 N–H and O–H groups in total. The van der Waals surface area contributed by atoms with Crippen LogP contribution in [0.1, 0.15) is 16.9 Å². The molecule has 0 bridgehead atoms. The molecule has 0 spiro atoms. The lowest BCUT2D eigenvalue weighted by molar-refractivity contribution is -0.144. The number of esters is 1. The number of carbonyl (C=O) groups excluding carboxylic acids is 1. The predicted octanol–water partition coefficient (Wildman–Crippen LogP) is 2.60. The van der Waals surface area contributed by atoms with E-state index in [0.717, 1.165) is 11.1 Å². The fourth-order valence-electron chi connectivity index (χ4n) is 1.85. The first-order chi connectivity index (χ1) is 9.68. The second-order valence-corrected chi connectivity index (χ2v) is 4.56. The maximum atomic E-state index is 11.9. The number of carbonyl (C=O) groups is 1. The van der Waals surface area contributed by atoms with Gasteiger partial charge in [0.25, 0.3) is 5.97 Å². The van der Waals surface area contributed by atoms with Crippen molar-refractivity contribution in [1.29, 1.82) is 0 Å². The second kappa shape index (κ2) is 6.99. The molecule has 2 aromatic carbocycles. The maximum Gasteiger partial charge on any atom is 0.300 e. The van der Waals surface area contributed by atoms with Gasteiger partial charge in [-0.05, 0) is 11.4 Å². The van der Waals surface area contributed by atoms with Gasteiger partial charge in [0, 0.05) is 5.82 Å². The molecule has 0 aliphatic carbocycles. The molecular formula is C16H14B2O2. The van der Waals surface area contributed by atoms with Crippen LogP contribution in [0, 0.1) is 0 Å². The highest BCUT2D eigenvalue weighted by atomic mass is 16.5. The van der Waals surface area contributed by atoms with Crippen LogP contribution in [0.5, 0.6) is 0 Å². The van der Waals surface area contributed by atoms with Crippen LogP contribution in [0.15, 0.2) is 60.7 Å². The molecule has 0 saturated heterocycles. The third-order valence-corrected chi connectivity index (χ3v) is 3.07. The summed E-state index contributed by atoms with van der Waals surface area (Å²) in [6, 6.07) is 18.7. The molecule has 2 rings (SSSR count). The lowest BCUT2D eigenvalue weighted by Gasteiger charge is -2.20. The van der Waals surface area contributed by atoms with Gasteiger partial charge in [-0.2, -0.15) is 0 Å². The topological polar surface area (TPSA) is 26.3 Å². The van der Waals surface area contributed by atoms with Gasteiger partial charge in [0.05, 0.1) is 15.7 Å².